The number of carbonyl (C=O) groups is 3. The highest BCUT2D eigenvalue weighted by atomic mass is 32.1. The van der Waals surface area contributed by atoms with Crippen molar-refractivity contribution in [1.82, 2.24) is 15.6 Å². The minimum Gasteiger partial charge on any atom is -0.476 e. The zero-order chi connectivity index (χ0) is 20.1. The minimum absolute atomic E-state index is 0.0378. The quantitative estimate of drug-likeness (QED) is 0.664. The number of carboxylic acid groups (broad SMARTS) is 1. The zero-order valence-corrected chi connectivity index (χ0v) is 15.3. The summed E-state index contributed by atoms with van der Waals surface area (Å²) < 4.78 is 27.5. The summed E-state index contributed by atoms with van der Waals surface area (Å²) in [5, 5.41) is 15.4. The van der Waals surface area contributed by atoms with E-state index in [1.165, 1.54) is 5.38 Å². The van der Waals surface area contributed by atoms with Crippen LogP contribution >= 0.6 is 11.3 Å². The number of aromatic nitrogens is 1. The van der Waals surface area contributed by atoms with E-state index in [0.29, 0.717) is 5.01 Å². The van der Waals surface area contributed by atoms with E-state index in [1.54, 1.807) is 13.8 Å². The summed E-state index contributed by atoms with van der Waals surface area (Å²) in [6.07, 6.45) is 0. The van der Waals surface area contributed by atoms with Crippen molar-refractivity contribution in [3.63, 3.8) is 0 Å². The number of rotatable bonds is 7. The van der Waals surface area contributed by atoms with E-state index in [2.05, 4.69) is 15.6 Å². The molecule has 3 N–H and O–H groups in total. The highest BCUT2D eigenvalue weighted by Crippen LogP contribution is 2.14. The van der Waals surface area contributed by atoms with Gasteiger partial charge >= 0.3 is 5.97 Å². The number of hydrogen-bond donors (Lipinski definition) is 3. The summed E-state index contributed by atoms with van der Waals surface area (Å²) in [6.45, 7) is 3.28. The maximum Gasteiger partial charge on any atom is 0.355 e. The maximum absolute atomic E-state index is 13.7. The minimum atomic E-state index is -1.18. The molecule has 1 unspecified atom stereocenters. The standard InChI is InChI=1S/C17H17F2N3O4S/c1-8(2)14(22-15(23)13-9(18)4-3-5-10(13)19)16(24)20-6-12-21-11(7-27-12)17(25)26/h3-5,7-8,14H,6H2,1-2H3,(H,20,24)(H,22,23)(H,25,26). The van der Waals surface area contributed by atoms with Gasteiger partial charge in [-0.3, -0.25) is 9.59 Å². The van der Waals surface area contributed by atoms with Gasteiger partial charge in [-0.15, -0.1) is 11.3 Å². The van der Waals surface area contributed by atoms with Crippen molar-refractivity contribution in [2.75, 3.05) is 0 Å². The summed E-state index contributed by atoms with van der Waals surface area (Å²) in [5.41, 5.74) is -0.894. The van der Waals surface area contributed by atoms with Crippen LogP contribution in [0.15, 0.2) is 23.6 Å². The van der Waals surface area contributed by atoms with Crippen LogP contribution in [0.25, 0.3) is 0 Å². The Balaban J connectivity index is 2.06. The second kappa shape index (κ2) is 8.67. The van der Waals surface area contributed by atoms with Crippen molar-refractivity contribution >= 4 is 29.1 Å². The highest BCUT2D eigenvalue weighted by Gasteiger charge is 2.27. The number of nitrogens with one attached hydrogen (secondary N) is 2. The average Bonchev–Trinajstić information content (AvgIpc) is 3.06. The third-order valence-corrected chi connectivity index (χ3v) is 4.46. The molecule has 0 aliphatic heterocycles. The van der Waals surface area contributed by atoms with E-state index in [-0.39, 0.29) is 18.2 Å². The van der Waals surface area contributed by atoms with Crippen LogP contribution in [0.5, 0.6) is 0 Å². The van der Waals surface area contributed by atoms with E-state index >= 15 is 0 Å². The first-order chi connectivity index (χ1) is 12.7. The van der Waals surface area contributed by atoms with Crippen molar-refractivity contribution in [2.24, 2.45) is 5.92 Å². The van der Waals surface area contributed by atoms with Crippen LogP contribution in [-0.2, 0) is 11.3 Å². The maximum atomic E-state index is 13.7. The van der Waals surface area contributed by atoms with Gasteiger partial charge in [0.15, 0.2) is 5.69 Å². The Morgan fingerprint density at radius 3 is 2.37 bits per heavy atom. The largest absolute Gasteiger partial charge is 0.476 e. The Labute approximate surface area is 157 Å². The fourth-order valence-electron chi connectivity index (χ4n) is 2.23. The molecule has 2 rings (SSSR count). The molecule has 0 aliphatic rings. The van der Waals surface area contributed by atoms with Gasteiger partial charge in [-0.05, 0) is 18.1 Å². The van der Waals surface area contributed by atoms with Crippen LogP contribution in [0, 0.1) is 17.6 Å². The fourth-order valence-corrected chi connectivity index (χ4v) is 2.93. The summed E-state index contributed by atoms with van der Waals surface area (Å²) in [4.78, 5) is 39.2. The molecule has 0 saturated carbocycles. The molecule has 1 aromatic carbocycles. The summed E-state index contributed by atoms with van der Waals surface area (Å²) in [7, 11) is 0. The number of aromatic carboxylic acids is 1. The molecule has 1 aromatic heterocycles. The molecule has 1 heterocycles. The SMILES string of the molecule is CC(C)C(NC(=O)c1c(F)cccc1F)C(=O)NCc1nc(C(=O)O)cs1. The zero-order valence-electron chi connectivity index (χ0n) is 14.5. The topological polar surface area (TPSA) is 108 Å². The van der Waals surface area contributed by atoms with Crippen molar-refractivity contribution in [1.29, 1.82) is 0 Å². The number of hydrogen-bond acceptors (Lipinski definition) is 5. The second-order valence-corrected chi connectivity index (χ2v) is 6.88. The molecule has 10 heteroatoms. The highest BCUT2D eigenvalue weighted by molar-refractivity contribution is 7.09. The summed E-state index contributed by atoms with van der Waals surface area (Å²) >= 11 is 1.06. The van der Waals surface area contributed by atoms with Crippen LogP contribution in [-0.4, -0.2) is 33.9 Å². The first-order valence-corrected chi connectivity index (χ1v) is 8.79. The van der Waals surface area contributed by atoms with Crippen LogP contribution in [0.3, 0.4) is 0 Å². The number of nitrogens with zero attached hydrogens (tertiary/aromatic N) is 1. The van der Waals surface area contributed by atoms with Gasteiger partial charge in [0, 0.05) is 5.38 Å². The average molecular weight is 397 g/mol. The number of carboxylic acids is 1. The predicted octanol–water partition coefficient (Wildman–Crippen LogP) is 2.19. The molecule has 0 aliphatic carbocycles. The molecule has 7 nitrogen and oxygen atoms in total. The monoisotopic (exact) mass is 397 g/mol. The lowest BCUT2D eigenvalue weighted by atomic mass is 10.0. The van der Waals surface area contributed by atoms with Gasteiger partial charge in [-0.1, -0.05) is 19.9 Å². The third kappa shape index (κ3) is 5.07. The Hall–Kier alpha value is -2.88. The Bertz CT molecular complexity index is 849. The van der Waals surface area contributed by atoms with Gasteiger partial charge in [-0.2, -0.15) is 0 Å². The van der Waals surface area contributed by atoms with E-state index < -0.39 is 41.0 Å². The molecule has 0 radical (unpaired) electrons. The van der Waals surface area contributed by atoms with Gasteiger partial charge in [0.25, 0.3) is 5.91 Å². The smallest absolute Gasteiger partial charge is 0.355 e. The summed E-state index contributed by atoms with van der Waals surface area (Å²) in [6, 6.07) is 1.99. The molecule has 2 aromatic rings. The van der Waals surface area contributed by atoms with E-state index in [0.717, 1.165) is 29.5 Å². The number of carbonyl (C=O) groups excluding carboxylic acids is 2. The molecular weight excluding hydrogens is 380 g/mol. The molecular formula is C17H17F2N3O4S. The molecule has 1 atom stereocenters. The van der Waals surface area contributed by atoms with Gasteiger partial charge < -0.3 is 15.7 Å². The lowest BCUT2D eigenvalue weighted by molar-refractivity contribution is -0.124. The molecule has 0 saturated heterocycles. The number of benzene rings is 1. The molecule has 144 valence electrons. The molecule has 0 bridgehead atoms. The summed E-state index contributed by atoms with van der Waals surface area (Å²) in [5.74, 6) is -5.22. The van der Waals surface area contributed by atoms with Gasteiger partial charge in [-0.25, -0.2) is 18.6 Å². The Morgan fingerprint density at radius 2 is 1.85 bits per heavy atom. The van der Waals surface area contributed by atoms with Gasteiger partial charge in [0.1, 0.15) is 28.2 Å². The van der Waals surface area contributed by atoms with Crippen LogP contribution in [0.2, 0.25) is 0 Å². The third-order valence-electron chi connectivity index (χ3n) is 3.61. The van der Waals surface area contributed by atoms with E-state index in [4.69, 9.17) is 5.11 Å². The van der Waals surface area contributed by atoms with Crippen LogP contribution < -0.4 is 10.6 Å². The fraction of sp³-hybridized carbons (Fsp3) is 0.294. The first kappa shape index (κ1) is 20.4. The first-order valence-electron chi connectivity index (χ1n) is 7.91. The lowest BCUT2D eigenvalue weighted by Crippen LogP contribution is -2.49. The second-order valence-electron chi connectivity index (χ2n) is 5.94. The lowest BCUT2D eigenvalue weighted by Gasteiger charge is -2.21. The van der Waals surface area contributed by atoms with Crippen molar-refractivity contribution < 1.29 is 28.3 Å². The van der Waals surface area contributed by atoms with Crippen LogP contribution in [0.4, 0.5) is 8.78 Å². The Morgan fingerprint density at radius 1 is 1.22 bits per heavy atom. The molecule has 27 heavy (non-hydrogen) atoms. The predicted molar refractivity (Wildman–Crippen MR) is 93.4 cm³/mol. The number of thiazole rings is 1. The Kier molecular flexibility index (Phi) is 6.56. The molecule has 0 fully saturated rings. The van der Waals surface area contributed by atoms with E-state index in [1.807, 2.05) is 0 Å². The van der Waals surface area contributed by atoms with E-state index in [9.17, 15) is 23.2 Å². The van der Waals surface area contributed by atoms with Gasteiger partial charge in [0.05, 0.1) is 6.54 Å². The molecule has 2 amide bonds. The molecule has 0 spiro atoms. The number of halogens is 2. The van der Waals surface area contributed by atoms with Crippen molar-refractivity contribution in [2.45, 2.75) is 26.4 Å². The normalized spacial score (nSPS) is 11.9. The van der Waals surface area contributed by atoms with Crippen LogP contribution in [0.1, 0.15) is 39.7 Å². The van der Waals surface area contributed by atoms with Gasteiger partial charge in [0.2, 0.25) is 5.91 Å². The number of amides is 2. The van der Waals surface area contributed by atoms with Crippen molar-refractivity contribution in [3.05, 3.63) is 51.5 Å². The van der Waals surface area contributed by atoms with Crippen molar-refractivity contribution in [3.8, 4) is 0 Å².